The van der Waals surface area contributed by atoms with Crippen LogP contribution < -0.4 is 0 Å². The third kappa shape index (κ3) is 1.85. The highest BCUT2D eigenvalue weighted by Crippen LogP contribution is 2.39. The molecule has 1 saturated carbocycles. The van der Waals surface area contributed by atoms with E-state index in [-0.39, 0.29) is 18.5 Å². The minimum absolute atomic E-state index is 0.181. The summed E-state index contributed by atoms with van der Waals surface area (Å²) in [5, 5.41) is 17.2. The zero-order chi connectivity index (χ0) is 12.7. The lowest BCUT2D eigenvalue weighted by molar-refractivity contribution is 0.265. The monoisotopic (exact) mass is 311 g/mol. The number of halogens is 2. The molecule has 3 rings (SSSR count). The van der Waals surface area contributed by atoms with Crippen molar-refractivity contribution in [3.63, 3.8) is 0 Å². The van der Waals surface area contributed by atoms with Gasteiger partial charge in [0.15, 0.2) is 11.6 Å². The maximum Gasteiger partial charge on any atom is 0.167 e. The van der Waals surface area contributed by atoms with Crippen LogP contribution in [0.3, 0.4) is 0 Å². The molecule has 1 aromatic carbocycles. The van der Waals surface area contributed by atoms with Gasteiger partial charge in [-0.05, 0) is 40.9 Å². The number of aliphatic hydroxyl groups is 1. The summed E-state index contributed by atoms with van der Waals surface area (Å²) in [6.07, 6.45) is 2.04. The summed E-state index contributed by atoms with van der Waals surface area (Å²) in [4.78, 5) is 0. The zero-order valence-electron chi connectivity index (χ0n) is 9.48. The van der Waals surface area contributed by atoms with Gasteiger partial charge in [0, 0.05) is 6.04 Å². The van der Waals surface area contributed by atoms with Gasteiger partial charge in [0.05, 0.1) is 10.0 Å². The molecule has 4 nitrogen and oxygen atoms in total. The lowest BCUT2D eigenvalue weighted by atomic mass is 10.2. The number of rotatable bonds is 3. The second-order valence-electron chi connectivity index (χ2n) is 4.30. The van der Waals surface area contributed by atoms with E-state index in [0.29, 0.717) is 21.7 Å². The first-order valence-electron chi connectivity index (χ1n) is 5.71. The number of aromatic nitrogens is 3. The highest BCUT2D eigenvalue weighted by atomic mass is 79.9. The van der Waals surface area contributed by atoms with Gasteiger partial charge in [0.25, 0.3) is 0 Å². The summed E-state index contributed by atoms with van der Waals surface area (Å²) in [5.74, 6) is 0.628. The molecule has 0 unspecified atom stereocenters. The number of nitrogens with zero attached hydrogens (tertiary/aromatic N) is 3. The zero-order valence-corrected chi connectivity index (χ0v) is 11.1. The Morgan fingerprint density at radius 1 is 1.39 bits per heavy atom. The van der Waals surface area contributed by atoms with Crippen LogP contribution in [0.25, 0.3) is 11.4 Å². The topological polar surface area (TPSA) is 50.9 Å². The largest absolute Gasteiger partial charge is 0.388 e. The SMILES string of the molecule is OCc1nnc(-c2cccc(Br)c2F)n1C1CC1. The van der Waals surface area contributed by atoms with Crippen LogP contribution >= 0.6 is 15.9 Å². The van der Waals surface area contributed by atoms with Crippen LogP contribution in [0.15, 0.2) is 22.7 Å². The molecule has 18 heavy (non-hydrogen) atoms. The highest BCUT2D eigenvalue weighted by Gasteiger charge is 2.30. The van der Waals surface area contributed by atoms with Crippen LogP contribution in [0.1, 0.15) is 24.7 Å². The van der Waals surface area contributed by atoms with Crippen LogP contribution in [-0.2, 0) is 6.61 Å². The number of hydrogen-bond acceptors (Lipinski definition) is 3. The summed E-state index contributed by atoms with van der Waals surface area (Å²) in [6, 6.07) is 5.36. The van der Waals surface area contributed by atoms with Gasteiger partial charge >= 0.3 is 0 Å². The minimum atomic E-state index is -0.351. The van der Waals surface area contributed by atoms with E-state index in [1.165, 1.54) is 0 Å². The van der Waals surface area contributed by atoms with Crippen molar-refractivity contribution >= 4 is 15.9 Å². The first-order chi connectivity index (χ1) is 8.72. The number of hydrogen-bond donors (Lipinski definition) is 1. The molecule has 1 aromatic heterocycles. The Hall–Kier alpha value is -1.27. The van der Waals surface area contributed by atoms with E-state index in [1.807, 2.05) is 4.57 Å². The predicted octanol–water partition coefficient (Wildman–Crippen LogP) is 2.67. The van der Waals surface area contributed by atoms with Crippen molar-refractivity contribution in [2.24, 2.45) is 0 Å². The van der Waals surface area contributed by atoms with Crippen molar-refractivity contribution in [1.29, 1.82) is 0 Å². The van der Waals surface area contributed by atoms with E-state index in [9.17, 15) is 9.50 Å². The molecule has 1 fully saturated rings. The van der Waals surface area contributed by atoms with E-state index < -0.39 is 0 Å². The van der Waals surface area contributed by atoms with Crippen LogP contribution in [0.4, 0.5) is 4.39 Å². The summed E-state index contributed by atoms with van der Waals surface area (Å²) in [7, 11) is 0. The number of aliphatic hydroxyl groups excluding tert-OH is 1. The van der Waals surface area contributed by atoms with Crippen LogP contribution in [0.2, 0.25) is 0 Å². The van der Waals surface area contributed by atoms with Crippen molar-refractivity contribution in [2.45, 2.75) is 25.5 Å². The predicted molar refractivity (Wildman–Crippen MR) is 67.3 cm³/mol. The van der Waals surface area contributed by atoms with Gasteiger partial charge in [0.1, 0.15) is 12.4 Å². The number of benzene rings is 1. The fourth-order valence-electron chi connectivity index (χ4n) is 2.01. The smallest absolute Gasteiger partial charge is 0.167 e. The Labute approximate surface area is 112 Å². The molecule has 2 aromatic rings. The van der Waals surface area contributed by atoms with Gasteiger partial charge in [-0.1, -0.05) is 6.07 Å². The van der Waals surface area contributed by atoms with Crippen LogP contribution in [-0.4, -0.2) is 19.9 Å². The quantitative estimate of drug-likeness (QED) is 0.948. The molecule has 1 N–H and O–H groups in total. The molecule has 0 bridgehead atoms. The van der Waals surface area contributed by atoms with E-state index in [2.05, 4.69) is 26.1 Å². The van der Waals surface area contributed by atoms with Crippen LogP contribution in [0.5, 0.6) is 0 Å². The Morgan fingerprint density at radius 2 is 2.17 bits per heavy atom. The molecule has 0 atom stereocenters. The highest BCUT2D eigenvalue weighted by molar-refractivity contribution is 9.10. The molecule has 0 spiro atoms. The summed E-state index contributed by atoms with van der Waals surface area (Å²) < 4.78 is 16.3. The molecule has 6 heteroatoms. The van der Waals surface area contributed by atoms with Crippen molar-refractivity contribution < 1.29 is 9.50 Å². The fourth-order valence-corrected chi connectivity index (χ4v) is 2.37. The van der Waals surface area contributed by atoms with Gasteiger partial charge < -0.3 is 9.67 Å². The fraction of sp³-hybridized carbons (Fsp3) is 0.333. The molecular weight excluding hydrogens is 301 g/mol. The minimum Gasteiger partial charge on any atom is -0.388 e. The van der Waals surface area contributed by atoms with Gasteiger partial charge in [0.2, 0.25) is 0 Å². The molecule has 0 aliphatic heterocycles. The van der Waals surface area contributed by atoms with Crippen molar-refractivity contribution in [3.05, 3.63) is 34.3 Å². The summed E-state index contributed by atoms with van der Waals surface area (Å²) in [6.45, 7) is -0.181. The van der Waals surface area contributed by atoms with Crippen molar-refractivity contribution in [3.8, 4) is 11.4 Å². The third-order valence-electron chi connectivity index (χ3n) is 3.01. The standard InChI is InChI=1S/C12H11BrFN3O/c13-9-3-1-2-8(11(9)14)12-16-15-10(6-18)17(12)7-4-5-7/h1-3,7,18H,4-6H2. The molecule has 1 aliphatic carbocycles. The first kappa shape index (κ1) is 11.8. The molecule has 1 heterocycles. The molecule has 0 amide bonds. The maximum atomic E-state index is 14.1. The van der Waals surface area contributed by atoms with Gasteiger partial charge in [-0.2, -0.15) is 0 Å². The second-order valence-corrected chi connectivity index (χ2v) is 5.15. The lowest BCUT2D eigenvalue weighted by Crippen LogP contribution is -2.04. The van der Waals surface area contributed by atoms with Gasteiger partial charge in [-0.25, -0.2) is 4.39 Å². The maximum absolute atomic E-state index is 14.1. The van der Waals surface area contributed by atoms with E-state index in [4.69, 9.17) is 0 Å². The molecule has 94 valence electrons. The Bertz CT molecular complexity index is 595. The molecule has 0 radical (unpaired) electrons. The van der Waals surface area contributed by atoms with E-state index in [1.54, 1.807) is 18.2 Å². The summed E-state index contributed by atoms with van der Waals surface area (Å²) >= 11 is 3.16. The van der Waals surface area contributed by atoms with Gasteiger partial charge in [-0.15, -0.1) is 10.2 Å². The lowest BCUT2D eigenvalue weighted by Gasteiger charge is -2.08. The van der Waals surface area contributed by atoms with Crippen molar-refractivity contribution in [1.82, 2.24) is 14.8 Å². The first-order valence-corrected chi connectivity index (χ1v) is 6.50. The Kier molecular flexibility index (Phi) is 2.91. The average Bonchev–Trinajstić information content (AvgIpc) is 3.12. The van der Waals surface area contributed by atoms with Gasteiger partial charge in [-0.3, -0.25) is 0 Å². The second kappa shape index (κ2) is 4.44. The third-order valence-corrected chi connectivity index (χ3v) is 3.62. The van der Waals surface area contributed by atoms with E-state index >= 15 is 0 Å². The molecule has 0 saturated heterocycles. The van der Waals surface area contributed by atoms with Crippen LogP contribution in [0, 0.1) is 5.82 Å². The van der Waals surface area contributed by atoms with Crippen molar-refractivity contribution in [2.75, 3.05) is 0 Å². The summed E-state index contributed by atoms with van der Waals surface area (Å²) in [5.41, 5.74) is 0.406. The molecular formula is C12H11BrFN3O. The molecule has 1 aliphatic rings. The Morgan fingerprint density at radius 3 is 2.83 bits per heavy atom. The average molecular weight is 312 g/mol. The van der Waals surface area contributed by atoms with E-state index in [0.717, 1.165) is 12.8 Å². The normalized spacial score (nSPS) is 15.1. The Balaban J connectivity index is 2.17.